The van der Waals surface area contributed by atoms with Crippen molar-refractivity contribution in [3.63, 3.8) is 0 Å². The molecule has 2 atom stereocenters. The summed E-state index contributed by atoms with van der Waals surface area (Å²) in [6, 6.07) is 14.5. The van der Waals surface area contributed by atoms with Gasteiger partial charge in [-0.05, 0) is 66.6 Å². The lowest BCUT2D eigenvalue weighted by atomic mass is 10.1. The van der Waals surface area contributed by atoms with Gasteiger partial charge in [0.25, 0.3) is 5.91 Å². The zero-order chi connectivity index (χ0) is 23.9. The zero-order valence-electron chi connectivity index (χ0n) is 17.2. The number of hydrogen-bond donors (Lipinski definition) is 2. The van der Waals surface area contributed by atoms with E-state index in [0.717, 1.165) is 5.56 Å². The number of benzene rings is 3. The first-order chi connectivity index (χ1) is 15.6. The monoisotopic (exact) mass is 544 g/mol. The fourth-order valence-corrected chi connectivity index (χ4v) is 5.14. The minimum absolute atomic E-state index is 0.0760. The van der Waals surface area contributed by atoms with Crippen LogP contribution in [0.2, 0.25) is 15.1 Å². The number of rotatable bonds is 6. The van der Waals surface area contributed by atoms with Gasteiger partial charge in [-0.2, -0.15) is 0 Å². The minimum Gasteiger partial charge on any atom is -0.385 e. The van der Waals surface area contributed by atoms with Gasteiger partial charge in [-0.25, -0.2) is 4.39 Å². The lowest BCUT2D eigenvalue weighted by Crippen LogP contribution is -2.14. The van der Waals surface area contributed by atoms with Crippen molar-refractivity contribution >= 4 is 75.3 Å². The van der Waals surface area contributed by atoms with E-state index in [4.69, 9.17) is 58.0 Å². The Hall–Kier alpha value is -1.69. The highest BCUT2D eigenvalue weighted by Crippen LogP contribution is 2.65. The first-order valence-electron chi connectivity index (χ1n) is 10.0. The highest BCUT2D eigenvalue weighted by molar-refractivity contribution is 6.52. The van der Waals surface area contributed by atoms with Gasteiger partial charge in [0.1, 0.15) is 10.2 Å². The molecular formula is C24H18Cl5FN2O. The summed E-state index contributed by atoms with van der Waals surface area (Å²) in [4.78, 5) is 12.8. The van der Waals surface area contributed by atoms with Gasteiger partial charge >= 0.3 is 0 Å². The first-order valence-corrected chi connectivity index (χ1v) is 11.9. The number of halogens is 6. The number of carbonyl (C=O) groups excluding carboxylic acids is 1. The number of amides is 1. The smallest absolute Gasteiger partial charge is 0.257 e. The van der Waals surface area contributed by atoms with Gasteiger partial charge in [0.15, 0.2) is 0 Å². The van der Waals surface area contributed by atoms with E-state index < -0.39 is 10.2 Å². The van der Waals surface area contributed by atoms with E-state index in [-0.39, 0.29) is 23.2 Å². The Bertz CT molecular complexity index is 1230. The molecule has 0 saturated heterocycles. The van der Waals surface area contributed by atoms with Gasteiger partial charge in [0.2, 0.25) is 0 Å². The van der Waals surface area contributed by atoms with E-state index >= 15 is 0 Å². The summed E-state index contributed by atoms with van der Waals surface area (Å²) in [7, 11) is 0. The molecule has 0 bridgehead atoms. The van der Waals surface area contributed by atoms with Crippen LogP contribution < -0.4 is 10.6 Å². The molecule has 3 aromatic rings. The van der Waals surface area contributed by atoms with Crippen molar-refractivity contribution in [3.05, 3.63) is 92.2 Å². The van der Waals surface area contributed by atoms with E-state index in [1.807, 2.05) is 6.07 Å². The maximum atomic E-state index is 13.3. The molecule has 0 spiro atoms. The molecule has 2 unspecified atom stereocenters. The van der Waals surface area contributed by atoms with Crippen molar-refractivity contribution in [2.45, 2.75) is 17.2 Å². The SMILES string of the molecule is Cc1cc(F)ccc1NC(=O)c1cc(NCC2C(c3ccc(Cl)c(Cl)c3)C2(Cl)Cl)ccc1Cl. The molecule has 0 heterocycles. The standard InChI is InChI=1S/C24H18Cl5FN2O/c1-12-8-14(30)3-7-21(12)32-23(33)16-10-15(4-6-18(16)25)31-11-17-22(24(17,28)29)13-2-5-19(26)20(27)9-13/h2-10,17,22,31H,11H2,1H3,(H,32,33). The quantitative estimate of drug-likeness (QED) is 0.305. The molecule has 3 aromatic carbocycles. The van der Waals surface area contributed by atoms with Crippen LogP contribution in [-0.4, -0.2) is 16.8 Å². The molecule has 1 fully saturated rings. The lowest BCUT2D eigenvalue weighted by Gasteiger charge is -2.12. The maximum absolute atomic E-state index is 13.3. The molecule has 4 rings (SSSR count). The number of hydrogen-bond acceptors (Lipinski definition) is 2. The van der Waals surface area contributed by atoms with Crippen LogP contribution >= 0.6 is 58.0 Å². The van der Waals surface area contributed by atoms with Crippen LogP contribution in [0.5, 0.6) is 0 Å². The first kappa shape index (κ1) is 24.4. The third-order valence-electron chi connectivity index (χ3n) is 5.68. The molecule has 0 radical (unpaired) electrons. The Labute approximate surface area is 216 Å². The van der Waals surface area contributed by atoms with Gasteiger partial charge in [-0.3, -0.25) is 4.79 Å². The van der Waals surface area contributed by atoms with Gasteiger partial charge in [-0.1, -0.05) is 40.9 Å². The molecule has 0 aliphatic heterocycles. The third-order valence-corrected chi connectivity index (χ3v) is 7.78. The highest BCUT2D eigenvalue weighted by Gasteiger charge is 2.63. The van der Waals surface area contributed by atoms with Crippen LogP contribution in [0.1, 0.15) is 27.4 Å². The van der Waals surface area contributed by atoms with Crippen molar-refractivity contribution in [2.24, 2.45) is 5.92 Å². The number of aryl methyl sites for hydroxylation is 1. The molecule has 1 aliphatic rings. The summed E-state index contributed by atoms with van der Waals surface area (Å²) < 4.78 is 12.4. The molecule has 1 aliphatic carbocycles. The van der Waals surface area contributed by atoms with Crippen molar-refractivity contribution in [1.82, 2.24) is 0 Å². The molecule has 0 aromatic heterocycles. The Morgan fingerprint density at radius 3 is 2.39 bits per heavy atom. The average Bonchev–Trinajstić information content (AvgIpc) is 3.31. The van der Waals surface area contributed by atoms with Crippen molar-refractivity contribution in [3.8, 4) is 0 Å². The largest absolute Gasteiger partial charge is 0.385 e. The molecule has 1 saturated carbocycles. The van der Waals surface area contributed by atoms with Crippen molar-refractivity contribution < 1.29 is 9.18 Å². The number of carbonyl (C=O) groups is 1. The third kappa shape index (κ3) is 5.21. The van der Waals surface area contributed by atoms with Crippen molar-refractivity contribution in [1.29, 1.82) is 0 Å². The van der Waals surface area contributed by atoms with Crippen LogP contribution in [0.3, 0.4) is 0 Å². The predicted octanol–water partition coefficient (Wildman–Crippen LogP) is 8.35. The van der Waals surface area contributed by atoms with Gasteiger partial charge in [-0.15, -0.1) is 23.2 Å². The second-order valence-electron chi connectivity index (χ2n) is 7.92. The highest BCUT2D eigenvalue weighted by atomic mass is 35.5. The topological polar surface area (TPSA) is 41.1 Å². The fraction of sp³-hybridized carbons (Fsp3) is 0.208. The van der Waals surface area contributed by atoms with E-state index in [2.05, 4.69) is 10.6 Å². The summed E-state index contributed by atoms with van der Waals surface area (Å²) in [5.41, 5.74) is 2.99. The minimum atomic E-state index is -0.948. The summed E-state index contributed by atoms with van der Waals surface area (Å²) in [5, 5.41) is 7.25. The van der Waals surface area contributed by atoms with E-state index in [1.54, 1.807) is 37.3 Å². The second-order valence-corrected chi connectivity index (χ2v) is 10.6. The molecule has 172 valence electrons. The van der Waals surface area contributed by atoms with Gasteiger partial charge in [0.05, 0.1) is 20.6 Å². The Morgan fingerprint density at radius 1 is 0.970 bits per heavy atom. The molecule has 33 heavy (non-hydrogen) atoms. The van der Waals surface area contributed by atoms with Crippen molar-refractivity contribution in [2.75, 3.05) is 17.2 Å². The van der Waals surface area contributed by atoms with Crippen LogP contribution in [0.4, 0.5) is 15.8 Å². The van der Waals surface area contributed by atoms with E-state index in [9.17, 15) is 9.18 Å². The average molecular weight is 547 g/mol. The van der Waals surface area contributed by atoms with Crippen LogP contribution in [0, 0.1) is 18.7 Å². The van der Waals surface area contributed by atoms with Crippen LogP contribution in [-0.2, 0) is 0 Å². The van der Waals surface area contributed by atoms with Gasteiger partial charge in [0, 0.05) is 29.8 Å². The summed E-state index contributed by atoms with van der Waals surface area (Å²) in [6.45, 7) is 2.18. The number of nitrogens with one attached hydrogen (secondary N) is 2. The lowest BCUT2D eigenvalue weighted by molar-refractivity contribution is 0.102. The summed E-state index contributed by atoms with van der Waals surface area (Å²) >= 11 is 31.5. The predicted molar refractivity (Wildman–Crippen MR) is 136 cm³/mol. The molecule has 3 nitrogen and oxygen atoms in total. The summed E-state index contributed by atoms with van der Waals surface area (Å²) in [5.74, 6) is -0.960. The maximum Gasteiger partial charge on any atom is 0.257 e. The fourth-order valence-electron chi connectivity index (χ4n) is 3.80. The van der Waals surface area contributed by atoms with Gasteiger partial charge < -0.3 is 10.6 Å². The molecule has 1 amide bonds. The van der Waals surface area contributed by atoms with E-state index in [1.165, 1.54) is 18.2 Å². The second kappa shape index (κ2) is 9.52. The molecular weight excluding hydrogens is 529 g/mol. The Morgan fingerprint density at radius 2 is 1.70 bits per heavy atom. The van der Waals surface area contributed by atoms with E-state index in [0.29, 0.717) is 38.6 Å². The Kier molecular flexibility index (Phi) is 7.05. The van der Waals surface area contributed by atoms with Crippen LogP contribution in [0.25, 0.3) is 0 Å². The molecule has 9 heteroatoms. The normalized spacial score (nSPS) is 18.6. The molecule has 2 N–H and O–H groups in total. The number of anilines is 2. The van der Waals surface area contributed by atoms with Crippen LogP contribution in [0.15, 0.2) is 54.6 Å². The number of alkyl halides is 2. The summed E-state index contributed by atoms with van der Waals surface area (Å²) in [6.07, 6.45) is 0. The Balaban J connectivity index is 1.46. The zero-order valence-corrected chi connectivity index (χ0v) is 21.0.